The normalized spacial score (nSPS) is 16.6. The molecule has 19 heavy (non-hydrogen) atoms. The molecule has 1 aromatic rings. The van der Waals surface area contributed by atoms with E-state index in [4.69, 9.17) is 5.73 Å². The molecular formula is C14H22N2O2S. The Hall–Kier alpha value is -0.910. The average molecular weight is 282 g/mol. The molecule has 4 nitrogen and oxygen atoms in total. The van der Waals surface area contributed by atoms with Crippen LogP contribution in [0.2, 0.25) is 0 Å². The molecule has 1 aliphatic rings. The summed E-state index contributed by atoms with van der Waals surface area (Å²) in [6, 6.07) is 7.39. The van der Waals surface area contributed by atoms with Crippen molar-refractivity contribution in [1.29, 1.82) is 0 Å². The van der Waals surface area contributed by atoms with Crippen molar-refractivity contribution in [1.82, 2.24) is 4.72 Å². The third kappa shape index (κ3) is 4.03. The number of nitrogens with one attached hydrogen (secondary N) is 1. The summed E-state index contributed by atoms with van der Waals surface area (Å²) in [5.74, 6) is 0.496. The number of hydrogen-bond donors (Lipinski definition) is 2. The predicted molar refractivity (Wildman–Crippen MR) is 76.9 cm³/mol. The van der Waals surface area contributed by atoms with Gasteiger partial charge in [-0.05, 0) is 43.7 Å². The first kappa shape index (κ1) is 14.5. The first-order valence-corrected chi connectivity index (χ1v) is 8.27. The van der Waals surface area contributed by atoms with Crippen LogP contribution in [-0.4, -0.2) is 14.0 Å². The highest BCUT2D eigenvalue weighted by Gasteiger charge is 2.40. The van der Waals surface area contributed by atoms with Crippen molar-refractivity contribution in [2.24, 2.45) is 11.7 Å². The Labute approximate surface area is 115 Å². The highest BCUT2D eigenvalue weighted by Crippen LogP contribution is 2.39. The molecule has 2 rings (SSSR count). The second-order valence-electron chi connectivity index (χ2n) is 5.88. The Bertz CT molecular complexity index is 531. The number of hydrogen-bond acceptors (Lipinski definition) is 3. The van der Waals surface area contributed by atoms with E-state index in [1.807, 2.05) is 38.1 Å². The number of benzene rings is 1. The maximum Gasteiger partial charge on any atom is 0.216 e. The van der Waals surface area contributed by atoms with E-state index in [2.05, 4.69) is 4.72 Å². The van der Waals surface area contributed by atoms with Crippen LogP contribution >= 0.6 is 0 Å². The minimum atomic E-state index is -3.30. The van der Waals surface area contributed by atoms with Crippen LogP contribution in [0.15, 0.2) is 24.3 Å². The van der Waals surface area contributed by atoms with Gasteiger partial charge in [-0.15, -0.1) is 0 Å². The Morgan fingerprint density at radius 3 is 2.21 bits per heavy atom. The molecule has 0 saturated heterocycles. The van der Waals surface area contributed by atoms with Crippen LogP contribution in [0.5, 0.6) is 0 Å². The van der Waals surface area contributed by atoms with Gasteiger partial charge in [-0.3, -0.25) is 0 Å². The van der Waals surface area contributed by atoms with Crippen LogP contribution in [0, 0.1) is 5.92 Å². The van der Waals surface area contributed by atoms with Gasteiger partial charge in [-0.2, -0.15) is 0 Å². The maximum atomic E-state index is 12.2. The van der Waals surface area contributed by atoms with Crippen LogP contribution in [0.25, 0.3) is 0 Å². The number of rotatable bonds is 6. The molecule has 0 aliphatic heterocycles. The van der Waals surface area contributed by atoms with Gasteiger partial charge in [-0.25, -0.2) is 13.1 Å². The Balaban J connectivity index is 2.03. The fourth-order valence-corrected chi connectivity index (χ4v) is 3.99. The Kier molecular flexibility index (Phi) is 3.99. The lowest BCUT2D eigenvalue weighted by Crippen LogP contribution is -2.45. The standard InChI is InChI=1S/C14H22N2O2S/c1-14(2,13-7-8-13)16-19(17,18)10-12-5-3-11(9-15)4-6-12/h3-6,13,16H,7-10,15H2,1-2H3. The molecule has 1 fully saturated rings. The summed E-state index contributed by atoms with van der Waals surface area (Å²) in [7, 11) is -3.30. The molecule has 0 bridgehead atoms. The lowest BCUT2D eigenvalue weighted by Gasteiger charge is -2.25. The smallest absolute Gasteiger partial charge is 0.216 e. The first-order chi connectivity index (χ1) is 8.82. The van der Waals surface area contributed by atoms with Gasteiger partial charge in [0.15, 0.2) is 0 Å². The van der Waals surface area contributed by atoms with E-state index in [9.17, 15) is 8.42 Å². The van der Waals surface area contributed by atoms with Crippen LogP contribution in [0.4, 0.5) is 0 Å². The summed E-state index contributed by atoms with van der Waals surface area (Å²) in [5.41, 5.74) is 6.98. The molecule has 0 radical (unpaired) electrons. The van der Waals surface area contributed by atoms with Gasteiger partial charge < -0.3 is 5.73 Å². The molecule has 0 unspecified atom stereocenters. The molecule has 3 N–H and O–H groups in total. The summed E-state index contributed by atoms with van der Waals surface area (Å²) in [4.78, 5) is 0. The third-order valence-corrected chi connectivity index (χ3v) is 5.18. The van der Waals surface area contributed by atoms with Crippen LogP contribution < -0.4 is 10.5 Å². The van der Waals surface area contributed by atoms with E-state index in [0.29, 0.717) is 12.5 Å². The number of nitrogens with two attached hydrogens (primary N) is 1. The molecule has 106 valence electrons. The zero-order chi connectivity index (χ0) is 14.1. The van der Waals surface area contributed by atoms with E-state index in [0.717, 1.165) is 24.0 Å². The highest BCUT2D eigenvalue weighted by molar-refractivity contribution is 7.88. The first-order valence-electron chi connectivity index (χ1n) is 6.62. The molecule has 5 heteroatoms. The number of sulfonamides is 1. The van der Waals surface area contributed by atoms with Crippen molar-refractivity contribution in [3.63, 3.8) is 0 Å². The van der Waals surface area contributed by atoms with Crippen LogP contribution in [0.3, 0.4) is 0 Å². The fourth-order valence-electron chi connectivity index (χ4n) is 2.32. The highest BCUT2D eigenvalue weighted by atomic mass is 32.2. The van der Waals surface area contributed by atoms with Crippen molar-refractivity contribution in [3.05, 3.63) is 35.4 Å². The maximum absolute atomic E-state index is 12.2. The van der Waals surface area contributed by atoms with Gasteiger partial charge in [0.25, 0.3) is 0 Å². The minimum Gasteiger partial charge on any atom is -0.326 e. The minimum absolute atomic E-state index is 0.0218. The van der Waals surface area contributed by atoms with Crippen molar-refractivity contribution in [2.45, 2.75) is 44.5 Å². The molecule has 0 atom stereocenters. The third-order valence-electron chi connectivity index (χ3n) is 3.63. The molecule has 1 aliphatic carbocycles. The zero-order valence-corrected chi connectivity index (χ0v) is 12.3. The topological polar surface area (TPSA) is 72.2 Å². The van der Waals surface area contributed by atoms with Gasteiger partial charge >= 0.3 is 0 Å². The van der Waals surface area contributed by atoms with Crippen molar-refractivity contribution >= 4 is 10.0 Å². The summed E-state index contributed by atoms with van der Waals surface area (Å²) < 4.78 is 27.2. The lowest BCUT2D eigenvalue weighted by atomic mass is 10.0. The summed E-state index contributed by atoms with van der Waals surface area (Å²) in [6.45, 7) is 4.39. The van der Waals surface area contributed by atoms with E-state index in [1.165, 1.54) is 0 Å². The lowest BCUT2D eigenvalue weighted by molar-refractivity contribution is 0.400. The molecule has 0 aromatic heterocycles. The zero-order valence-electron chi connectivity index (χ0n) is 11.5. The van der Waals surface area contributed by atoms with Crippen molar-refractivity contribution < 1.29 is 8.42 Å². The molecule has 1 saturated carbocycles. The van der Waals surface area contributed by atoms with E-state index >= 15 is 0 Å². The van der Waals surface area contributed by atoms with Gasteiger partial charge in [0.2, 0.25) is 10.0 Å². The molecule has 0 spiro atoms. The fraction of sp³-hybridized carbons (Fsp3) is 0.571. The molecule has 0 heterocycles. The van der Waals surface area contributed by atoms with Gasteiger partial charge in [-0.1, -0.05) is 24.3 Å². The van der Waals surface area contributed by atoms with Gasteiger partial charge in [0.1, 0.15) is 0 Å². The predicted octanol–water partition coefficient (Wildman–Crippen LogP) is 1.75. The largest absolute Gasteiger partial charge is 0.326 e. The summed E-state index contributed by atoms with van der Waals surface area (Å²) >= 11 is 0. The van der Waals surface area contributed by atoms with E-state index < -0.39 is 10.0 Å². The second-order valence-corrected chi connectivity index (χ2v) is 7.60. The van der Waals surface area contributed by atoms with E-state index in [-0.39, 0.29) is 11.3 Å². The Morgan fingerprint density at radius 2 is 1.74 bits per heavy atom. The van der Waals surface area contributed by atoms with Crippen LogP contribution in [-0.2, 0) is 22.3 Å². The van der Waals surface area contributed by atoms with Gasteiger partial charge in [0.05, 0.1) is 5.75 Å². The molecular weight excluding hydrogens is 260 g/mol. The van der Waals surface area contributed by atoms with Crippen molar-refractivity contribution in [3.8, 4) is 0 Å². The monoisotopic (exact) mass is 282 g/mol. The Morgan fingerprint density at radius 1 is 1.21 bits per heavy atom. The quantitative estimate of drug-likeness (QED) is 0.835. The van der Waals surface area contributed by atoms with Crippen LogP contribution in [0.1, 0.15) is 37.8 Å². The summed E-state index contributed by atoms with van der Waals surface area (Å²) in [5, 5.41) is 0. The average Bonchev–Trinajstić information content (AvgIpc) is 3.11. The van der Waals surface area contributed by atoms with Crippen molar-refractivity contribution in [2.75, 3.05) is 0 Å². The SMILES string of the molecule is CC(C)(NS(=O)(=O)Cc1ccc(CN)cc1)C1CC1. The molecule has 1 aromatic carbocycles. The molecule has 0 amide bonds. The van der Waals surface area contributed by atoms with Gasteiger partial charge in [0, 0.05) is 12.1 Å². The van der Waals surface area contributed by atoms with E-state index in [1.54, 1.807) is 0 Å². The summed E-state index contributed by atoms with van der Waals surface area (Å²) in [6.07, 6.45) is 2.22. The second kappa shape index (κ2) is 5.23.